The summed E-state index contributed by atoms with van der Waals surface area (Å²) >= 11 is 0. The summed E-state index contributed by atoms with van der Waals surface area (Å²) in [5.74, 6) is 1.57. The summed E-state index contributed by atoms with van der Waals surface area (Å²) < 4.78 is 4.77. The molecule has 10 aromatic rings. The lowest BCUT2D eigenvalue weighted by atomic mass is 9.82. The molecule has 51 heavy (non-hydrogen) atoms. The Labute approximate surface area is 294 Å². The van der Waals surface area contributed by atoms with Gasteiger partial charge >= 0.3 is 0 Å². The van der Waals surface area contributed by atoms with Crippen molar-refractivity contribution in [3.05, 3.63) is 169 Å². The fourth-order valence-electron chi connectivity index (χ4n) is 8.75. The maximum atomic E-state index is 5.57. The predicted octanol–water partition coefficient (Wildman–Crippen LogP) is 11.8. The Kier molecular flexibility index (Phi) is 5.70. The highest BCUT2D eigenvalue weighted by Crippen LogP contribution is 2.51. The molecule has 4 heteroatoms. The molecule has 11 rings (SSSR count). The first-order valence-corrected chi connectivity index (χ1v) is 17.6. The van der Waals surface area contributed by atoms with Crippen molar-refractivity contribution in [3.63, 3.8) is 0 Å². The summed E-state index contributed by atoms with van der Waals surface area (Å²) in [5.41, 5.74) is 12.6. The van der Waals surface area contributed by atoms with E-state index in [1.54, 1.807) is 0 Å². The number of aromatic nitrogens is 4. The zero-order valence-electron chi connectivity index (χ0n) is 28.3. The van der Waals surface area contributed by atoms with Crippen molar-refractivity contribution in [1.82, 2.24) is 19.1 Å². The van der Waals surface area contributed by atoms with Crippen molar-refractivity contribution in [1.29, 1.82) is 0 Å². The fourth-order valence-corrected chi connectivity index (χ4v) is 8.75. The Hall–Kier alpha value is -6.52. The van der Waals surface area contributed by atoms with Gasteiger partial charge in [0.15, 0.2) is 11.6 Å². The van der Waals surface area contributed by atoms with Crippen LogP contribution in [0.4, 0.5) is 0 Å². The SMILES string of the molecule is CC1(C)c2ccccc2-c2cc3c(cc21)c1ccccc1n3-c1nc(-c2ccccc2)nc2c3c4ccccc4ccc3n(-c3ccccc3)c12. The van der Waals surface area contributed by atoms with E-state index in [9.17, 15) is 0 Å². The van der Waals surface area contributed by atoms with E-state index in [1.807, 2.05) is 6.07 Å². The van der Waals surface area contributed by atoms with E-state index in [-0.39, 0.29) is 5.41 Å². The maximum Gasteiger partial charge on any atom is 0.166 e. The molecule has 3 heterocycles. The second-order valence-electron chi connectivity index (χ2n) is 14.2. The van der Waals surface area contributed by atoms with Crippen LogP contribution in [0.25, 0.3) is 88.5 Å². The van der Waals surface area contributed by atoms with Crippen LogP contribution in [0.2, 0.25) is 0 Å². The minimum absolute atomic E-state index is 0.104. The van der Waals surface area contributed by atoms with Gasteiger partial charge in [-0.05, 0) is 69.4 Å². The van der Waals surface area contributed by atoms with Crippen LogP contribution in [-0.2, 0) is 5.41 Å². The average molecular weight is 653 g/mol. The van der Waals surface area contributed by atoms with Crippen LogP contribution in [0.15, 0.2) is 158 Å². The molecule has 0 fully saturated rings. The molecule has 0 saturated carbocycles. The molecule has 0 atom stereocenters. The second-order valence-corrected chi connectivity index (χ2v) is 14.2. The largest absolute Gasteiger partial charge is 0.305 e. The van der Waals surface area contributed by atoms with E-state index >= 15 is 0 Å². The number of para-hydroxylation sites is 2. The monoisotopic (exact) mass is 652 g/mol. The van der Waals surface area contributed by atoms with Crippen LogP contribution in [0, 0.1) is 0 Å². The highest BCUT2D eigenvalue weighted by molar-refractivity contribution is 6.22. The molecule has 3 aromatic heterocycles. The van der Waals surface area contributed by atoms with Crippen LogP contribution >= 0.6 is 0 Å². The van der Waals surface area contributed by atoms with Gasteiger partial charge in [0.25, 0.3) is 0 Å². The van der Waals surface area contributed by atoms with E-state index in [4.69, 9.17) is 9.97 Å². The van der Waals surface area contributed by atoms with E-state index < -0.39 is 0 Å². The molecule has 0 unspecified atom stereocenters. The van der Waals surface area contributed by atoms with Gasteiger partial charge in [0, 0.05) is 32.8 Å². The number of fused-ring (bicyclic) bond motifs is 11. The molecule has 0 spiro atoms. The molecular weight excluding hydrogens is 621 g/mol. The molecule has 0 N–H and O–H groups in total. The number of benzene rings is 7. The molecule has 1 aliphatic carbocycles. The first-order chi connectivity index (χ1) is 25.1. The smallest absolute Gasteiger partial charge is 0.166 e. The maximum absolute atomic E-state index is 5.57. The van der Waals surface area contributed by atoms with Gasteiger partial charge in [-0.15, -0.1) is 0 Å². The first kappa shape index (κ1) is 28.3. The Balaban J connectivity index is 1.37. The molecule has 0 bridgehead atoms. The van der Waals surface area contributed by atoms with Crippen molar-refractivity contribution in [2.45, 2.75) is 19.3 Å². The second kappa shape index (κ2) is 10.3. The van der Waals surface area contributed by atoms with Gasteiger partial charge in [-0.25, -0.2) is 9.97 Å². The van der Waals surface area contributed by atoms with Gasteiger partial charge in [-0.1, -0.05) is 135 Å². The van der Waals surface area contributed by atoms with Crippen molar-refractivity contribution < 1.29 is 0 Å². The topological polar surface area (TPSA) is 35.6 Å². The Bertz CT molecular complexity index is 3040. The van der Waals surface area contributed by atoms with Crippen molar-refractivity contribution in [2.24, 2.45) is 0 Å². The van der Waals surface area contributed by atoms with E-state index in [0.29, 0.717) is 5.82 Å². The third-order valence-corrected chi connectivity index (χ3v) is 11.1. The van der Waals surface area contributed by atoms with Crippen LogP contribution in [-0.4, -0.2) is 19.1 Å². The lowest BCUT2D eigenvalue weighted by Crippen LogP contribution is -2.14. The zero-order chi connectivity index (χ0) is 33.8. The van der Waals surface area contributed by atoms with E-state index in [0.717, 1.165) is 50.0 Å². The lowest BCUT2D eigenvalue weighted by molar-refractivity contribution is 0.661. The predicted molar refractivity (Wildman–Crippen MR) is 211 cm³/mol. The molecule has 0 aliphatic heterocycles. The van der Waals surface area contributed by atoms with Gasteiger partial charge in [-0.3, -0.25) is 4.57 Å². The van der Waals surface area contributed by atoms with Crippen molar-refractivity contribution in [2.75, 3.05) is 0 Å². The summed E-state index contributed by atoms with van der Waals surface area (Å²) in [4.78, 5) is 11.0. The van der Waals surface area contributed by atoms with Crippen LogP contribution in [0.5, 0.6) is 0 Å². The number of hydrogen-bond acceptors (Lipinski definition) is 2. The zero-order valence-corrected chi connectivity index (χ0v) is 28.3. The van der Waals surface area contributed by atoms with E-state index in [1.165, 1.54) is 43.8 Å². The number of hydrogen-bond donors (Lipinski definition) is 0. The number of rotatable bonds is 3. The van der Waals surface area contributed by atoms with Crippen molar-refractivity contribution in [3.8, 4) is 34.0 Å². The summed E-state index contributed by atoms with van der Waals surface area (Å²) in [6.45, 7) is 4.71. The normalized spacial score (nSPS) is 13.5. The summed E-state index contributed by atoms with van der Waals surface area (Å²) in [6, 6.07) is 56.7. The Morgan fingerprint density at radius 3 is 2.04 bits per heavy atom. The first-order valence-electron chi connectivity index (χ1n) is 17.6. The molecule has 0 saturated heterocycles. The minimum Gasteiger partial charge on any atom is -0.305 e. The highest BCUT2D eigenvalue weighted by Gasteiger charge is 2.36. The van der Waals surface area contributed by atoms with Gasteiger partial charge in [0.2, 0.25) is 0 Å². The average Bonchev–Trinajstić information content (AvgIpc) is 3.78. The molecular formula is C47H32N4. The number of nitrogens with zero attached hydrogens (tertiary/aromatic N) is 4. The Morgan fingerprint density at radius 2 is 1.20 bits per heavy atom. The van der Waals surface area contributed by atoms with Crippen molar-refractivity contribution >= 4 is 54.5 Å². The summed E-state index contributed by atoms with van der Waals surface area (Å²) in [7, 11) is 0. The van der Waals surface area contributed by atoms with Crippen LogP contribution < -0.4 is 0 Å². The Morgan fingerprint density at radius 1 is 0.490 bits per heavy atom. The standard InChI is InChI=1S/C47H32N4/c1-47(2)37-23-13-11-21-33(37)35-28-41-36(27-38(35)47)34-22-12-14-24-39(34)51(41)46-44-43(48-45(49-46)30-16-5-3-6-17-30)42-32-20-10-9-15-29(32)25-26-40(42)50(44)31-18-7-4-8-19-31/h3-28H,1-2H3. The fraction of sp³-hybridized carbons (Fsp3) is 0.0638. The summed E-state index contributed by atoms with van der Waals surface area (Å²) in [5, 5.41) is 5.93. The molecule has 0 amide bonds. The van der Waals surface area contributed by atoms with Gasteiger partial charge in [0.1, 0.15) is 11.0 Å². The molecule has 1 aliphatic rings. The molecule has 240 valence electrons. The third kappa shape index (κ3) is 3.85. The van der Waals surface area contributed by atoms with Crippen LogP contribution in [0.1, 0.15) is 25.0 Å². The summed E-state index contributed by atoms with van der Waals surface area (Å²) in [6.07, 6.45) is 0. The molecule has 0 radical (unpaired) electrons. The molecule has 4 nitrogen and oxygen atoms in total. The molecule has 7 aromatic carbocycles. The lowest BCUT2D eigenvalue weighted by Gasteiger charge is -2.21. The van der Waals surface area contributed by atoms with Gasteiger partial charge < -0.3 is 4.57 Å². The van der Waals surface area contributed by atoms with E-state index in [2.05, 4.69) is 175 Å². The van der Waals surface area contributed by atoms with Crippen LogP contribution in [0.3, 0.4) is 0 Å². The highest BCUT2D eigenvalue weighted by atomic mass is 15.1. The third-order valence-electron chi connectivity index (χ3n) is 11.1. The minimum atomic E-state index is -0.104. The van der Waals surface area contributed by atoms with Gasteiger partial charge in [0.05, 0.1) is 16.6 Å². The van der Waals surface area contributed by atoms with Gasteiger partial charge in [-0.2, -0.15) is 0 Å². The quantitative estimate of drug-likeness (QED) is 0.190.